The second-order valence-corrected chi connectivity index (χ2v) is 11.2. The third-order valence-electron chi connectivity index (χ3n) is 7.64. The van der Waals surface area contributed by atoms with Gasteiger partial charge in [0, 0.05) is 39.8 Å². The lowest BCUT2D eigenvalue weighted by Crippen LogP contribution is -2.36. The van der Waals surface area contributed by atoms with Crippen LogP contribution in [-0.4, -0.2) is 35.8 Å². The summed E-state index contributed by atoms with van der Waals surface area (Å²) in [6.07, 6.45) is 12.0. The number of thiophene rings is 1. The zero-order valence-electron chi connectivity index (χ0n) is 21.9. The number of rotatable bonds is 6. The second kappa shape index (κ2) is 11.1. The number of benzene rings is 1. The number of hydrogen-bond acceptors (Lipinski definition) is 5. The molecule has 1 amide bonds. The molecule has 1 N–H and O–H groups in total. The number of aliphatic imine (C=N–C) groups is 1. The third kappa shape index (κ3) is 5.28. The lowest BCUT2D eigenvalue weighted by molar-refractivity contribution is 0.0600. The molecular formula is C30H35N3O3S. The van der Waals surface area contributed by atoms with Crippen molar-refractivity contribution in [2.75, 3.05) is 7.11 Å². The standard InChI is InChI=1S/C30H35N3O3S/c1-19-16-22(20(2)33(19)24-13-9-10-21(17-24)30(35)36-3)18-31-29-27(25-14-7-8-15-26(25)37-29)28(34)32-23-11-5-4-6-12-23/h9-10,13,16-18,23H,4-8,11-12,14-15H2,1-3H3,(H,32,34). The van der Waals surface area contributed by atoms with Gasteiger partial charge in [0.05, 0.1) is 18.2 Å². The van der Waals surface area contributed by atoms with Gasteiger partial charge in [0.15, 0.2) is 0 Å². The first-order chi connectivity index (χ1) is 18.0. The van der Waals surface area contributed by atoms with Gasteiger partial charge in [-0.15, -0.1) is 11.3 Å². The number of carbonyl (C=O) groups is 2. The summed E-state index contributed by atoms with van der Waals surface area (Å²) in [5.41, 5.74) is 6.48. The van der Waals surface area contributed by atoms with Gasteiger partial charge in [0.25, 0.3) is 5.91 Å². The molecule has 0 spiro atoms. The molecule has 2 heterocycles. The van der Waals surface area contributed by atoms with E-state index < -0.39 is 0 Å². The van der Waals surface area contributed by atoms with Crippen molar-refractivity contribution in [3.8, 4) is 5.69 Å². The van der Waals surface area contributed by atoms with Crippen molar-refractivity contribution in [3.63, 3.8) is 0 Å². The summed E-state index contributed by atoms with van der Waals surface area (Å²) in [6.45, 7) is 4.09. The molecule has 37 heavy (non-hydrogen) atoms. The summed E-state index contributed by atoms with van der Waals surface area (Å²) < 4.78 is 7.01. The summed E-state index contributed by atoms with van der Waals surface area (Å²) in [7, 11) is 1.39. The molecule has 0 bridgehead atoms. The van der Waals surface area contributed by atoms with Gasteiger partial charge in [-0.25, -0.2) is 9.79 Å². The van der Waals surface area contributed by atoms with E-state index in [0.29, 0.717) is 5.56 Å². The maximum absolute atomic E-state index is 13.5. The molecule has 0 aliphatic heterocycles. The molecule has 3 aromatic rings. The van der Waals surface area contributed by atoms with Crippen molar-refractivity contribution >= 4 is 34.4 Å². The van der Waals surface area contributed by atoms with E-state index in [-0.39, 0.29) is 17.9 Å². The van der Waals surface area contributed by atoms with Gasteiger partial charge in [0.1, 0.15) is 5.00 Å². The largest absolute Gasteiger partial charge is 0.465 e. The van der Waals surface area contributed by atoms with Crippen molar-refractivity contribution in [3.05, 3.63) is 68.9 Å². The summed E-state index contributed by atoms with van der Waals surface area (Å²) >= 11 is 1.68. The average Bonchev–Trinajstić information content (AvgIpc) is 3.43. The summed E-state index contributed by atoms with van der Waals surface area (Å²) in [5.74, 6) is -0.310. The van der Waals surface area contributed by atoms with Crippen LogP contribution in [0.25, 0.3) is 5.69 Å². The van der Waals surface area contributed by atoms with Gasteiger partial charge in [-0.05, 0) is 82.2 Å². The highest BCUT2D eigenvalue weighted by Crippen LogP contribution is 2.40. The Morgan fingerprint density at radius 1 is 1.08 bits per heavy atom. The average molecular weight is 518 g/mol. The van der Waals surface area contributed by atoms with E-state index in [9.17, 15) is 9.59 Å². The zero-order chi connectivity index (χ0) is 25.9. The van der Waals surface area contributed by atoms with Crippen LogP contribution >= 0.6 is 11.3 Å². The normalized spacial score (nSPS) is 16.1. The molecule has 7 heteroatoms. The molecule has 5 rings (SSSR count). The number of aromatic nitrogens is 1. The van der Waals surface area contributed by atoms with Crippen molar-refractivity contribution in [1.29, 1.82) is 0 Å². The Labute approximate surface area is 222 Å². The fraction of sp³-hybridized carbons (Fsp3) is 0.433. The molecule has 2 aromatic heterocycles. The molecule has 2 aliphatic carbocycles. The fourth-order valence-electron chi connectivity index (χ4n) is 5.71. The third-order valence-corrected chi connectivity index (χ3v) is 8.84. The van der Waals surface area contributed by atoms with Crippen LogP contribution in [0.3, 0.4) is 0 Å². The lowest BCUT2D eigenvalue weighted by atomic mass is 9.93. The van der Waals surface area contributed by atoms with Gasteiger partial charge >= 0.3 is 5.97 Å². The molecule has 2 aliphatic rings. The Morgan fingerprint density at radius 3 is 2.65 bits per heavy atom. The first kappa shape index (κ1) is 25.5. The summed E-state index contributed by atoms with van der Waals surface area (Å²) in [6, 6.07) is 9.81. The first-order valence-electron chi connectivity index (χ1n) is 13.3. The molecule has 0 atom stereocenters. The predicted molar refractivity (Wildman–Crippen MR) is 149 cm³/mol. The number of methoxy groups -OCH3 is 1. The molecule has 0 radical (unpaired) electrons. The maximum Gasteiger partial charge on any atom is 0.337 e. The van der Waals surface area contributed by atoms with Gasteiger partial charge in [-0.3, -0.25) is 4.79 Å². The minimum absolute atomic E-state index is 0.0450. The topological polar surface area (TPSA) is 72.7 Å². The van der Waals surface area contributed by atoms with Crippen molar-refractivity contribution in [2.24, 2.45) is 4.99 Å². The van der Waals surface area contributed by atoms with Crippen LogP contribution in [0.5, 0.6) is 0 Å². The molecule has 0 unspecified atom stereocenters. The van der Waals surface area contributed by atoms with E-state index in [1.54, 1.807) is 17.4 Å². The zero-order valence-corrected chi connectivity index (χ0v) is 22.7. The number of ether oxygens (including phenoxy) is 1. The van der Waals surface area contributed by atoms with E-state index in [0.717, 1.165) is 65.3 Å². The minimum atomic E-state index is -0.355. The Morgan fingerprint density at radius 2 is 1.86 bits per heavy atom. The Hall–Kier alpha value is -3.19. The van der Waals surface area contributed by atoms with Crippen molar-refractivity contribution < 1.29 is 14.3 Å². The van der Waals surface area contributed by atoms with Crippen LogP contribution < -0.4 is 5.32 Å². The molecule has 1 aromatic carbocycles. The van der Waals surface area contributed by atoms with Gasteiger partial charge in [0.2, 0.25) is 0 Å². The molecule has 1 fully saturated rings. The Bertz CT molecular complexity index is 1340. The van der Waals surface area contributed by atoms with E-state index in [1.807, 2.05) is 31.3 Å². The molecule has 1 saturated carbocycles. The van der Waals surface area contributed by atoms with E-state index in [1.165, 1.54) is 43.2 Å². The number of carbonyl (C=O) groups excluding carboxylic acids is 2. The van der Waals surface area contributed by atoms with Crippen LogP contribution in [0, 0.1) is 13.8 Å². The quantitative estimate of drug-likeness (QED) is 0.294. The predicted octanol–water partition coefficient (Wildman–Crippen LogP) is 6.63. The van der Waals surface area contributed by atoms with Gasteiger partial charge in [-0.1, -0.05) is 25.3 Å². The van der Waals surface area contributed by atoms with Crippen LogP contribution in [0.15, 0.2) is 35.3 Å². The first-order valence-corrected chi connectivity index (χ1v) is 14.1. The van der Waals surface area contributed by atoms with E-state index >= 15 is 0 Å². The van der Waals surface area contributed by atoms with Crippen molar-refractivity contribution in [1.82, 2.24) is 9.88 Å². The molecule has 0 saturated heterocycles. The molecular weight excluding hydrogens is 482 g/mol. The monoisotopic (exact) mass is 517 g/mol. The van der Waals surface area contributed by atoms with E-state index in [4.69, 9.17) is 9.73 Å². The number of nitrogens with zero attached hydrogens (tertiary/aromatic N) is 2. The van der Waals surface area contributed by atoms with Crippen molar-refractivity contribution in [2.45, 2.75) is 77.7 Å². The van der Waals surface area contributed by atoms with Gasteiger partial charge < -0.3 is 14.6 Å². The van der Waals surface area contributed by atoms with E-state index in [2.05, 4.69) is 22.9 Å². The number of amides is 1. The Balaban J connectivity index is 1.46. The molecule has 194 valence electrons. The number of nitrogens with one attached hydrogen (secondary N) is 1. The summed E-state index contributed by atoms with van der Waals surface area (Å²) in [4.78, 5) is 31.7. The van der Waals surface area contributed by atoms with Crippen LogP contribution in [-0.2, 0) is 17.6 Å². The SMILES string of the molecule is COC(=O)c1cccc(-n2c(C)cc(C=Nc3sc4c(c3C(=O)NC3CCCCC3)CCCC4)c2C)c1. The van der Waals surface area contributed by atoms with Gasteiger partial charge in [-0.2, -0.15) is 0 Å². The number of aryl methyl sites for hydroxylation is 2. The minimum Gasteiger partial charge on any atom is -0.465 e. The van der Waals surface area contributed by atoms with Crippen LogP contribution in [0.2, 0.25) is 0 Å². The van der Waals surface area contributed by atoms with Crippen LogP contribution in [0.4, 0.5) is 5.00 Å². The lowest BCUT2D eigenvalue weighted by Gasteiger charge is -2.23. The fourth-order valence-corrected chi connectivity index (χ4v) is 6.95. The highest BCUT2D eigenvalue weighted by molar-refractivity contribution is 7.16. The second-order valence-electron chi connectivity index (χ2n) is 10.2. The number of hydrogen-bond donors (Lipinski definition) is 1. The number of fused-ring (bicyclic) bond motifs is 1. The number of esters is 1. The molecule has 6 nitrogen and oxygen atoms in total. The Kier molecular flexibility index (Phi) is 7.60. The van der Waals surface area contributed by atoms with Crippen LogP contribution in [0.1, 0.15) is 93.1 Å². The highest BCUT2D eigenvalue weighted by atomic mass is 32.1. The highest BCUT2D eigenvalue weighted by Gasteiger charge is 2.27. The summed E-state index contributed by atoms with van der Waals surface area (Å²) in [5, 5.41) is 4.14. The maximum atomic E-state index is 13.5. The smallest absolute Gasteiger partial charge is 0.337 e.